The van der Waals surface area contributed by atoms with Gasteiger partial charge in [-0.2, -0.15) is 5.26 Å². The molecule has 1 amide bonds. The molecule has 3 rings (SSSR count). The molecule has 1 heterocycles. The van der Waals surface area contributed by atoms with E-state index in [0.717, 1.165) is 5.56 Å². The maximum Gasteiger partial charge on any atom is 0.250 e. The molecular formula is C19H14FN3O3S. The van der Waals surface area contributed by atoms with Gasteiger partial charge in [0.05, 0.1) is 17.3 Å². The van der Waals surface area contributed by atoms with Crippen molar-refractivity contribution in [2.45, 2.75) is 0 Å². The molecule has 3 aromatic rings. The Labute approximate surface area is 158 Å². The molecule has 0 radical (unpaired) electrons. The van der Waals surface area contributed by atoms with E-state index in [0.29, 0.717) is 26.8 Å². The minimum absolute atomic E-state index is 0.0833. The lowest BCUT2D eigenvalue weighted by atomic mass is 10.2. The lowest BCUT2D eigenvalue weighted by molar-refractivity contribution is -0.111. The van der Waals surface area contributed by atoms with E-state index in [1.165, 1.54) is 36.7 Å². The van der Waals surface area contributed by atoms with Crippen LogP contribution < -0.4 is 14.8 Å². The summed E-state index contributed by atoms with van der Waals surface area (Å²) >= 11 is 1.20. The fourth-order valence-electron chi connectivity index (χ4n) is 2.29. The topological polar surface area (TPSA) is 84.2 Å². The number of amides is 1. The summed E-state index contributed by atoms with van der Waals surface area (Å²) < 4.78 is 24.4. The van der Waals surface area contributed by atoms with Crippen molar-refractivity contribution in [2.24, 2.45) is 0 Å². The average Bonchev–Trinajstić information content (AvgIpc) is 3.06. The molecule has 136 valence electrons. The molecular weight excluding hydrogens is 369 g/mol. The van der Waals surface area contributed by atoms with Crippen molar-refractivity contribution in [1.29, 1.82) is 5.26 Å². The van der Waals surface area contributed by atoms with E-state index in [-0.39, 0.29) is 18.3 Å². The maximum atomic E-state index is 13.2. The van der Waals surface area contributed by atoms with Gasteiger partial charge >= 0.3 is 0 Å². The zero-order valence-electron chi connectivity index (χ0n) is 14.2. The number of nitrogens with zero attached hydrogens (tertiary/aromatic N) is 2. The fourth-order valence-corrected chi connectivity index (χ4v) is 3.18. The maximum absolute atomic E-state index is 13.2. The summed E-state index contributed by atoms with van der Waals surface area (Å²) in [5.41, 5.74) is 1.34. The van der Waals surface area contributed by atoms with Crippen molar-refractivity contribution < 1.29 is 18.7 Å². The van der Waals surface area contributed by atoms with Gasteiger partial charge in [-0.25, -0.2) is 9.37 Å². The highest BCUT2D eigenvalue weighted by Gasteiger charge is 2.08. The van der Waals surface area contributed by atoms with Crippen molar-refractivity contribution in [3.05, 3.63) is 53.9 Å². The van der Waals surface area contributed by atoms with Crippen molar-refractivity contribution in [1.82, 2.24) is 4.98 Å². The van der Waals surface area contributed by atoms with Gasteiger partial charge in [0.15, 0.2) is 23.2 Å². The predicted molar refractivity (Wildman–Crippen MR) is 101 cm³/mol. The lowest BCUT2D eigenvalue weighted by Crippen LogP contribution is -2.07. The summed E-state index contributed by atoms with van der Waals surface area (Å²) in [4.78, 5) is 16.3. The number of nitrogens with one attached hydrogen (secondary N) is 1. The molecule has 0 spiro atoms. The van der Waals surface area contributed by atoms with Gasteiger partial charge in [-0.15, -0.1) is 0 Å². The third-order valence-electron chi connectivity index (χ3n) is 3.49. The molecule has 1 N–H and O–H groups in total. The van der Waals surface area contributed by atoms with Crippen LogP contribution in [-0.2, 0) is 4.79 Å². The van der Waals surface area contributed by atoms with Gasteiger partial charge in [-0.1, -0.05) is 17.4 Å². The number of hydrogen-bond acceptors (Lipinski definition) is 6. The third-order valence-corrected chi connectivity index (χ3v) is 4.42. The number of rotatable bonds is 6. The Hall–Kier alpha value is -3.44. The van der Waals surface area contributed by atoms with E-state index in [9.17, 15) is 9.18 Å². The number of fused-ring (bicyclic) bond motifs is 1. The third kappa shape index (κ3) is 4.59. The Kier molecular flexibility index (Phi) is 5.64. The van der Waals surface area contributed by atoms with Crippen molar-refractivity contribution >= 4 is 38.7 Å². The van der Waals surface area contributed by atoms with Gasteiger partial charge in [0.2, 0.25) is 5.91 Å². The van der Waals surface area contributed by atoms with Gasteiger partial charge < -0.3 is 9.47 Å². The van der Waals surface area contributed by atoms with Crippen LogP contribution in [0.1, 0.15) is 5.56 Å². The molecule has 0 saturated carbocycles. The summed E-state index contributed by atoms with van der Waals surface area (Å²) in [6, 6.07) is 11.2. The smallest absolute Gasteiger partial charge is 0.250 e. The number of benzene rings is 2. The highest BCUT2D eigenvalue weighted by Crippen LogP contribution is 2.29. The zero-order chi connectivity index (χ0) is 19.2. The number of thiazole rings is 1. The van der Waals surface area contributed by atoms with Crippen molar-refractivity contribution in [3.8, 4) is 17.6 Å². The summed E-state index contributed by atoms with van der Waals surface area (Å²) in [7, 11) is 1.49. The number of halogens is 1. The van der Waals surface area contributed by atoms with Crippen LogP contribution in [0, 0.1) is 17.1 Å². The number of ether oxygens (including phenoxy) is 2. The van der Waals surface area contributed by atoms with Crippen LogP contribution in [0.5, 0.6) is 11.5 Å². The van der Waals surface area contributed by atoms with E-state index in [2.05, 4.69) is 10.3 Å². The van der Waals surface area contributed by atoms with E-state index in [1.54, 1.807) is 30.3 Å². The summed E-state index contributed by atoms with van der Waals surface area (Å²) in [6.07, 6.45) is 2.97. The molecule has 1 aromatic heterocycles. The Morgan fingerprint density at radius 2 is 2.19 bits per heavy atom. The van der Waals surface area contributed by atoms with Gasteiger partial charge in [0.1, 0.15) is 11.9 Å². The summed E-state index contributed by atoms with van der Waals surface area (Å²) in [5.74, 6) is 0.196. The monoisotopic (exact) mass is 383 g/mol. The molecule has 27 heavy (non-hydrogen) atoms. The molecule has 0 bridgehead atoms. The van der Waals surface area contributed by atoms with E-state index < -0.39 is 0 Å². The Bertz CT molecular complexity index is 1060. The number of carbonyl (C=O) groups excluding carboxylic acids is 1. The highest BCUT2D eigenvalue weighted by molar-refractivity contribution is 7.22. The normalized spacial score (nSPS) is 10.7. The summed E-state index contributed by atoms with van der Waals surface area (Å²) in [5, 5.41) is 11.6. The van der Waals surface area contributed by atoms with Crippen LogP contribution in [0.15, 0.2) is 42.5 Å². The van der Waals surface area contributed by atoms with Gasteiger partial charge in [-0.05, 0) is 42.0 Å². The minimum atomic E-state index is -0.363. The average molecular weight is 383 g/mol. The fraction of sp³-hybridized carbons (Fsp3) is 0.105. The first kappa shape index (κ1) is 18.4. The first-order valence-electron chi connectivity index (χ1n) is 7.82. The number of nitriles is 1. The first-order valence-corrected chi connectivity index (χ1v) is 8.63. The SMILES string of the molecule is COc1cc(/C=C/C(=O)Nc2nc3ccc(F)cc3s2)ccc1OCC#N. The molecule has 0 aliphatic rings. The molecule has 6 nitrogen and oxygen atoms in total. The van der Waals surface area contributed by atoms with Crippen LogP contribution in [0.4, 0.5) is 9.52 Å². The predicted octanol–water partition coefficient (Wildman–Crippen LogP) is 4.00. The van der Waals surface area contributed by atoms with Gasteiger partial charge in [0, 0.05) is 6.08 Å². The number of methoxy groups -OCH3 is 1. The zero-order valence-corrected chi connectivity index (χ0v) is 15.0. The molecule has 0 atom stereocenters. The molecule has 2 aromatic carbocycles. The van der Waals surface area contributed by atoms with Crippen LogP contribution >= 0.6 is 11.3 Å². The second-order valence-corrected chi connectivity index (χ2v) is 6.34. The number of aromatic nitrogens is 1. The van der Waals surface area contributed by atoms with Crippen LogP contribution in [0.2, 0.25) is 0 Å². The number of carbonyl (C=O) groups is 1. The molecule has 0 fully saturated rings. The van der Waals surface area contributed by atoms with E-state index in [1.807, 2.05) is 6.07 Å². The Morgan fingerprint density at radius 1 is 1.33 bits per heavy atom. The molecule has 0 saturated heterocycles. The van der Waals surface area contributed by atoms with E-state index in [4.69, 9.17) is 14.7 Å². The highest BCUT2D eigenvalue weighted by atomic mass is 32.1. The van der Waals surface area contributed by atoms with Gasteiger partial charge in [-0.3, -0.25) is 10.1 Å². The number of anilines is 1. The quantitative estimate of drug-likeness (QED) is 0.651. The minimum Gasteiger partial charge on any atom is -0.493 e. The number of hydrogen-bond donors (Lipinski definition) is 1. The van der Waals surface area contributed by atoms with Crippen LogP contribution in [0.3, 0.4) is 0 Å². The standard InChI is InChI=1S/C19H14FN3O3S/c1-25-16-10-12(2-6-15(16)26-9-8-21)3-7-18(24)23-19-22-14-5-4-13(20)11-17(14)27-19/h2-7,10-11H,9H2,1H3,(H,22,23,24)/b7-3+. The van der Waals surface area contributed by atoms with E-state index >= 15 is 0 Å². The molecule has 8 heteroatoms. The molecule has 0 unspecified atom stereocenters. The molecule has 0 aliphatic heterocycles. The van der Waals surface area contributed by atoms with Gasteiger partial charge in [0.25, 0.3) is 0 Å². The van der Waals surface area contributed by atoms with Crippen LogP contribution in [-0.4, -0.2) is 24.6 Å². The first-order chi connectivity index (χ1) is 13.1. The second kappa shape index (κ2) is 8.29. The van der Waals surface area contributed by atoms with Crippen molar-refractivity contribution in [2.75, 3.05) is 19.0 Å². The largest absolute Gasteiger partial charge is 0.493 e. The Balaban J connectivity index is 1.69. The molecule has 0 aliphatic carbocycles. The Morgan fingerprint density at radius 3 is 2.96 bits per heavy atom. The van der Waals surface area contributed by atoms with Crippen LogP contribution in [0.25, 0.3) is 16.3 Å². The lowest BCUT2D eigenvalue weighted by Gasteiger charge is -2.08. The second-order valence-electron chi connectivity index (χ2n) is 5.31. The van der Waals surface area contributed by atoms with Crippen molar-refractivity contribution in [3.63, 3.8) is 0 Å². The summed E-state index contributed by atoms with van der Waals surface area (Å²) in [6.45, 7) is -0.0833.